The van der Waals surface area contributed by atoms with E-state index in [1.165, 1.54) is 12.1 Å². The van der Waals surface area contributed by atoms with Crippen LogP contribution in [-0.2, 0) is 4.74 Å². The zero-order chi connectivity index (χ0) is 14.7. The molecular formula is C11H10Cl2N4O3. The minimum absolute atomic E-state index is 0.0936. The number of anilines is 1. The molecule has 9 heteroatoms. The highest BCUT2D eigenvalue weighted by Gasteiger charge is 2.08. The Balaban J connectivity index is 2.30. The second-order valence-electron chi connectivity index (χ2n) is 3.67. The smallest absolute Gasteiger partial charge is 0.425 e. The maximum absolute atomic E-state index is 11.8. The van der Waals surface area contributed by atoms with Gasteiger partial charge in [-0.15, -0.1) is 0 Å². The molecule has 1 aromatic heterocycles. The summed E-state index contributed by atoms with van der Waals surface area (Å²) in [6, 6.07) is 3.00. The molecule has 0 aliphatic heterocycles. The molecule has 0 unspecified atom stereocenters. The summed E-state index contributed by atoms with van der Waals surface area (Å²) < 4.78 is 4.63. The van der Waals surface area contributed by atoms with E-state index < -0.39 is 11.7 Å². The molecule has 0 radical (unpaired) electrons. The SMILES string of the molecule is CCOC(=O)NNc1nc2cc(Cl)c(Cl)cc2[nH]c1=O. The monoisotopic (exact) mass is 316 g/mol. The Morgan fingerprint density at radius 1 is 1.40 bits per heavy atom. The molecule has 0 atom stereocenters. The zero-order valence-corrected chi connectivity index (χ0v) is 11.8. The van der Waals surface area contributed by atoms with Crippen molar-refractivity contribution in [3.05, 3.63) is 32.5 Å². The number of halogens is 2. The lowest BCUT2D eigenvalue weighted by molar-refractivity contribution is 0.154. The van der Waals surface area contributed by atoms with E-state index in [0.29, 0.717) is 21.1 Å². The summed E-state index contributed by atoms with van der Waals surface area (Å²) in [6.07, 6.45) is -0.720. The molecule has 1 heterocycles. The average molecular weight is 317 g/mol. The van der Waals surface area contributed by atoms with Crippen LogP contribution in [0.1, 0.15) is 6.92 Å². The van der Waals surface area contributed by atoms with Crippen molar-refractivity contribution in [1.82, 2.24) is 15.4 Å². The van der Waals surface area contributed by atoms with Crippen molar-refractivity contribution in [2.45, 2.75) is 6.92 Å². The number of aromatic nitrogens is 2. The van der Waals surface area contributed by atoms with Gasteiger partial charge in [0, 0.05) is 0 Å². The number of carbonyl (C=O) groups excluding carboxylic acids is 1. The largest absolute Gasteiger partial charge is 0.449 e. The summed E-state index contributed by atoms with van der Waals surface area (Å²) in [7, 11) is 0. The highest BCUT2D eigenvalue weighted by molar-refractivity contribution is 6.42. The predicted octanol–water partition coefficient (Wildman–Crippen LogP) is 2.30. The maximum Gasteiger partial charge on any atom is 0.425 e. The summed E-state index contributed by atoms with van der Waals surface area (Å²) in [6.45, 7) is 1.87. The van der Waals surface area contributed by atoms with Crippen LogP contribution in [-0.4, -0.2) is 22.7 Å². The van der Waals surface area contributed by atoms with Crippen molar-refractivity contribution in [2.24, 2.45) is 0 Å². The number of hydrogen-bond acceptors (Lipinski definition) is 5. The normalized spacial score (nSPS) is 10.3. The number of carbonyl (C=O) groups is 1. The van der Waals surface area contributed by atoms with Crippen LogP contribution in [0.4, 0.5) is 10.6 Å². The first kappa shape index (κ1) is 14.4. The zero-order valence-electron chi connectivity index (χ0n) is 10.3. The molecule has 106 valence electrons. The van der Waals surface area contributed by atoms with Crippen molar-refractivity contribution < 1.29 is 9.53 Å². The molecule has 0 fully saturated rings. The Kier molecular flexibility index (Phi) is 4.31. The lowest BCUT2D eigenvalue weighted by Crippen LogP contribution is -2.33. The molecule has 0 saturated carbocycles. The molecule has 2 aromatic rings. The molecule has 0 aliphatic rings. The standard InChI is InChI=1S/C11H10Cl2N4O3/c1-2-20-11(19)17-16-9-10(18)15-8-4-6(13)5(12)3-7(8)14-9/h3-4H,2H2,1H3,(H,14,16)(H,15,18)(H,17,19). The van der Waals surface area contributed by atoms with Crippen molar-refractivity contribution >= 4 is 46.1 Å². The van der Waals surface area contributed by atoms with Gasteiger partial charge < -0.3 is 9.72 Å². The van der Waals surface area contributed by atoms with E-state index in [2.05, 4.69) is 25.6 Å². The Bertz CT molecular complexity index is 717. The Labute approximate surface area is 123 Å². The number of rotatable bonds is 3. The molecule has 1 amide bonds. The first-order valence-electron chi connectivity index (χ1n) is 5.59. The van der Waals surface area contributed by atoms with E-state index in [1.54, 1.807) is 6.92 Å². The van der Waals surface area contributed by atoms with Gasteiger partial charge >= 0.3 is 6.09 Å². The van der Waals surface area contributed by atoms with Crippen LogP contribution in [0.3, 0.4) is 0 Å². The quantitative estimate of drug-likeness (QED) is 0.755. The number of aromatic amines is 1. The summed E-state index contributed by atoms with van der Waals surface area (Å²) in [5, 5.41) is 0.616. The van der Waals surface area contributed by atoms with Gasteiger partial charge in [0.05, 0.1) is 27.7 Å². The lowest BCUT2D eigenvalue weighted by atomic mass is 10.3. The Morgan fingerprint density at radius 2 is 2.10 bits per heavy atom. The molecule has 0 aliphatic carbocycles. The number of amides is 1. The van der Waals surface area contributed by atoms with Crippen molar-refractivity contribution in [1.29, 1.82) is 0 Å². The highest BCUT2D eigenvalue weighted by Crippen LogP contribution is 2.25. The molecule has 0 bridgehead atoms. The highest BCUT2D eigenvalue weighted by atomic mass is 35.5. The van der Waals surface area contributed by atoms with Crippen molar-refractivity contribution in [3.8, 4) is 0 Å². The first-order valence-corrected chi connectivity index (χ1v) is 6.34. The van der Waals surface area contributed by atoms with E-state index in [1.807, 2.05) is 0 Å². The topological polar surface area (TPSA) is 96.1 Å². The number of hydrogen-bond donors (Lipinski definition) is 3. The number of fused-ring (bicyclic) bond motifs is 1. The van der Waals surface area contributed by atoms with Gasteiger partial charge in [-0.1, -0.05) is 23.2 Å². The average Bonchev–Trinajstić information content (AvgIpc) is 2.39. The second-order valence-corrected chi connectivity index (χ2v) is 4.48. The third kappa shape index (κ3) is 3.12. The predicted molar refractivity (Wildman–Crippen MR) is 76.2 cm³/mol. The summed E-state index contributed by atoms with van der Waals surface area (Å²) in [4.78, 5) is 29.5. The minimum Gasteiger partial charge on any atom is -0.449 e. The van der Waals surface area contributed by atoms with Gasteiger partial charge in [0.1, 0.15) is 0 Å². The summed E-state index contributed by atoms with van der Waals surface area (Å²) in [5.41, 5.74) is 4.89. The number of benzene rings is 1. The summed E-state index contributed by atoms with van der Waals surface area (Å²) >= 11 is 11.7. The molecule has 0 spiro atoms. The molecule has 1 aromatic carbocycles. The third-order valence-corrected chi connectivity index (χ3v) is 3.01. The molecular weight excluding hydrogens is 307 g/mol. The third-order valence-electron chi connectivity index (χ3n) is 2.29. The number of hydrazine groups is 1. The van der Waals surface area contributed by atoms with Gasteiger partial charge in [-0.3, -0.25) is 10.2 Å². The summed E-state index contributed by atoms with van der Waals surface area (Å²) in [5.74, 6) is -0.0936. The fraction of sp³-hybridized carbons (Fsp3) is 0.182. The number of ether oxygens (including phenoxy) is 1. The van der Waals surface area contributed by atoms with Gasteiger partial charge in [0.25, 0.3) is 5.56 Å². The first-order chi connectivity index (χ1) is 9.51. The molecule has 20 heavy (non-hydrogen) atoms. The number of nitrogens with one attached hydrogen (secondary N) is 3. The van der Waals surface area contributed by atoms with Crippen LogP contribution in [0.5, 0.6) is 0 Å². The van der Waals surface area contributed by atoms with E-state index in [9.17, 15) is 9.59 Å². The lowest BCUT2D eigenvalue weighted by Gasteiger charge is -2.08. The van der Waals surface area contributed by atoms with Crippen molar-refractivity contribution in [2.75, 3.05) is 12.0 Å². The van der Waals surface area contributed by atoms with Crippen LogP contribution >= 0.6 is 23.2 Å². The fourth-order valence-electron chi connectivity index (χ4n) is 1.44. The Morgan fingerprint density at radius 3 is 2.80 bits per heavy atom. The van der Waals surface area contributed by atoms with Crippen molar-refractivity contribution in [3.63, 3.8) is 0 Å². The van der Waals surface area contributed by atoms with E-state index in [4.69, 9.17) is 23.2 Å². The van der Waals surface area contributed by atoms with Crippen LogP contribution in [0, 0.1) is 0 Å². The van der Waals surface area contributed by atoms with Gasteiger partial charge in [0.15, 0.2) is 0 Å². The van der Waals surface area contributed by atoms with Crippen LogP contribution < -0.4 is 16.4 Å². The number of nitrogens with zero attached hydrogens (tertiary/aromatic N) is 1. The molecule has 2 rings (SSSR count). The van der Waals surface area contributed by atoms with Crippen LogP contribution in [0.25, 0.3) is 11.0 Å². The van der Waals surface area contributed by atoms with Crippen LogP contribution in [0.2, 0.25) is 10.0 Å². The van der Waals surface area contributed by atoms with Crippen LogP contribution in [0.15, 0.2) is 16.9 Å². The second kappa shape index (κ2) is 5.98. The van der Waals surface area contributed by atoms with Gasteiger partial charge in [0.2, 0.25) is 5.82 Å². The fourth-order valence-corrected chi connectivity index (χ4v) is 1.77. The van der Waals surface area contributed by atoms with E-state index in [0.717, 1.165) is 0 Å². The van der Waals surface area contributed by atoms with Gasteiger partial charge in [-0.05, 0) is 19.1 Å². The van der Waals surface area contributed by atoms with Gasteiger partial charge in [-0.25, -0.2) is 15.2 Å². The molecule has 0 saturated heterocycles. The van der Waals surface area contributed by atoms with E-state index >= 15 is 0 Å². The molecule has 3 N–H and O–H groups in total. The Hall–Kier alpha value is -1.99. The molecule has 7 nitrogen and oxygen atoms in total. The minimum atomic E-state index is -0.720. The van der Waals surface area contributed by atoms with E-state index in [-0.39, 0.29) is 12.4 Å². The number of H-pyrrole nitrogens is 1. The van der Waals surface area contributed by atoms with Gasteiger partial charge in [-0.2, -0.15) is 0 Å². The maximum atomic E-state index is 11.8.